The summed E-state index contributed by atoms with van der Waals surface area (Å²) in [5.74, 6) is 0. The van der Waals surface area contributed by atoms with E-state index in [-0.39, 0.29) is 6.10 Å². The third-order valence-corrected chi connectivity index (χ3v) is 8.88. The lowest BCUT2D eigenvalue weighted by molar-refractivity contribution is 0.106. The van der Waals surface area contributed by atoms with E-state index in [2.05, 4.69) is 54.9 Å². The van der Waals surface area contributed by atoms with Crippen LogP contribution in [0.25, 0.3) is 0 Å². The molecule has 0 aromatic heterocycles. The molecule has 0 saturated heterocycles. The van der Waals surface area contributed by atoms with Crippen LogP contribution in [0.5, 0.6) is 0 Å². The molecule has 4 N–H and O–H groups in total. The van der Waals surface area contributed by atoms with Crippen molar-refractivity contribution in [2.75, 3.05) is 45.8 Å². The maximum atomic E-state index is 10.3. The summed E-state index contributed by atoms with van der Waals surface area (Å²) < 4.78 is 0. The Morgan fingerprint density at radius 3 is 1.27 bits per heavy atom. The highest BCUT2D eigenvalue weighted by molar-refractivity contribution is 4.92. The lowest BCUT2D eigenvalue weighted by Crippen LogP contribution is -2.37. The van der Waals surface area contributed by atoms with Gasteiger partial charge in [-0.05, 0) is 90.4 Å². The highest BCUT2D eigenvalue weighted by Crippen LogP contribution is 2.12. The van der Waals surface area contributed by atoms with Gasteiger partial charge < -0.3 is 25.7 Å². The summed E-state index contributed by atoms with van der Waals surface area (Å²) in [6.07, 6.45) is 37.7. The quantitative estimate of drug-likeness (QED) is 0.0486. The molecule has 0 heterocycles. The van der Waals surface area contributed by atoms with Crippen molar-refractivity contribution >= 4 is 0 Å². The minimum absolute atomic E-state index is 0.205. The Bertz CT molecular complexity index is 612. The van der Waals surface area contributed by atoms with E-state index < -0.39 is 6.10 Å². The molecule has 0 aromatic carbocycles. The second kappa shape index (κ2) is 35.1. The number of allylic oxidation sites excluding steroid dienone is 4. The van der Waals surface area contributed by atoms with Crippen molar-refractivity contribution in [1.29, 1.82) is 0 Å². The summed E-state index contributed by atoms with van der Waals surface area (Å²) in [5, 5.41) is 20.4. The highest BCUT2D eigenvalue weighted by atomic mass is 16.3. The first-order valence-electron chi connectivity index (χ1n) is 19.4. The van der Waals surface area contributed by atoms with Gasteiger partial charge in [0, 0.05) is 19.6 Å². The molecule has 2 unspecified atom stereocenters. The molecular weight excluding hydrogens is 542 g/mol. The van der Waals surface area contributed by atoms with E-state index in [9.17, 15) is 10.2 Å². The van der Waals surface area contributed by atoms with Gasteiger partial charge in [-0.2, -0.15) is 0 Å². The Kier molecular flexibility index (Phi) is 34.6. The number of aliphatic hydroxyl groups excluding tert-OH is 2. The molecule has 0 rings (SSSR count). The first-order chi connectivity index (χ1) is 21.6. The van der Waals surface area contributed by atoms with E-state index in [4.69, 9.17) is 5.73 Å². The molecule has 0 aromatic rings. The zero-order valence-corrected chi connectivity index (χ0v) is 30.0. The summed E-state index contributed by atoms with van der Waals surface area (Å²) in [6, 6.07) is 0. The normalized spacial score (nSPS) is 13.7. The van der Waals surface area contributed by atoms with Crippen molar-refractivity contribution < 1.29 is 10.2 Å². The number of unbranched alkanes of at least 4 members (excludes halogenated alkanes) is 17. The molecule has 0 fully saturated rings. The van der Waals surface area contributed by atoms with Crippen LogP contribution in [0, 0.1) is 0 Å². The number of rotatable bonds is 35. The molecule has 0 aliphatic heterocycles. The Balaban J connectivity index is 4.04. The van der Waals surface area contributed by atoms with Gasteiger partial charge >= 0.3 is 0 Å². The van der Waals surface area contributed by atoms with Gasteiger partial charge in [0.05, 0.1) is 12.2 Å². The minimum Gasteiger partial charge on any atom is -0.392 e. The zero-order valence-electron chi connectivity index (χ0n) is 30.0. The molecule has 2 atom stereocenters. The SMILES string of the molecule is CCCCC/C=C\C/C=C/CCCCCCCCN(CCCCCCN(CCCCCCCC)CC(O)CN)CC(O)CC. The van der Waals surface area contributed by atoms with Gasteiger partial charge in [0.15, 0.2) is 0 Å². The van der Waals surface area contributed by atoms with E-state index in [1.165, 1.54) is 135 Å². The van der Waals surface area contributed by atoms with Crippen molar-refractivity contribution in [2.24, 2.45) is 5.73 Å². The average Bonchev–Trinajstić information content (AvgIpc) is 3.03. The predicted molar refractivity (Wildman–Crippen MR) is 195 cm³/mol. The van der Waals surface area contributed by atoms with Crippen LogP contribution in [-0.4, -0.2) is 78.0 Å². The van der Waals surface area contributed by atoms with E-state index >= 15 is 0 Å². The average molecular weight is 622 g/mol. The fraction of sp³-hybridized carbons (Fsp3) is 0.897. The van der Waals surface area contributed by atoms with Crippen molar-refractivity contribution in [3.8, 4) is 0 Å². The Morgan fingerprint density at radius 2 is 0.841 bits per heavy atom. The molecule has 0 aliphatic carbocycles. The van der Waals surface area contributed by atoms with Crippen LogP contribution < -0.4 is 5.73 Å². The Labute approximate surface area is 276 Å². The maximum absolute atomic E-state index is 10.3. The smallest absolute Gasteiger partial charge is 0.0789 e. The molecule has 0 bridgehead atoms. The van der Waals surface area contributed by atoms with Crippen molar-refractivity contribution in [1.82, 2.24) is 9.80 Å². The fourth-order valence-corrected chi connectivity index (χ4v) is 5.85. The fourth-order valence-electron chi connectivity index (χ4n) is 5.85. The van der Waals surface area contributed by atoms with Gasteiger partial charge in [-0.3, -0.25) is 0 Å². The molecule has 5 heteroatoms. The lowest BCUT2D eigenvalue weighted by atomic mass is 10.1. The van der Waals surface area contributed by atoms with Crippen LogP contribution in [0.1, 0.15) is 168 Å². The van der Waals surface area contributed by atoms with Crippen molar-refractivity contribution in [3.63, 3.8) is 0 Å². The minimum atomic E-state index is -0.409. The van der Waals surface area contributed by atoms with E-state index in [0.717, 1.165) is 45.6 Å². The molecule has 0 amide bonds. The maximum Gasteiger partial charge on any atom is 0.0789 e. The first-order valence-corrected chi connectivity index (χ1v) is 19.4. The van der Waals surface area contributed by atoms with Crippen molar-refractivity contribution in [3.05, 3.63) is 24.3 Å². The van der Waals surface area contributed by atoms with Crippen molar-refractivity contribution in [2.45, 2.75) is 181 Å². The summed E-state index contributed by atoms with van der Waals surface area (Å²) in [4.78, 5) is 4.95. The van der Waals surface area contributed by atoms with Crippen LogP contribution >= 0.6 is 0 Å². The highest BCUT2D eigenvalue weighted by Gasteiger charge is 2.12. The third kappa shape index (κ3) is 31.3. The number of hydrogen-bond acceptors (Lipinski definition) is 5. The molecule has 0 spiro atoms. The first kappa shape index (κ1) is 43.3. The lowest BCUT2D eigenvalue weighted by Gasteiger charge is -2.25. The van der Waals surface area contributed by atoms with Crippen LogP contribution in [-0.2, 0) is 0 Å². The zero-order chi connectivity index (χ0) is 32.4. The van der Waals surface area contributed by atoms with E-state index in [0.29, 0.717) is 13.1 Å². The Hall–Kier alpha value is -0.720. The van der Waals surface area contributed by atoms with Gasteiger partial charge in [-0.15, -0.1) is 0 Å². The van der Waals surface area contributed by atoms with Crippen LogP contribution in [0.2, 0.25) is 0 Å². The van der Waals surface area contributed by atoms with Crippen LogP contribution in [0.3, 0.4) is 0 Å². The standard InChI is InChI=1S/C39H79N3O2/c1-4-7-9-11-13-14-15-16-17-18-19-20-21-22-24-28-31-41(36-38(43)6-3)32-29-25-26-30-34-42(37-39(44)35-40)33-27-23-12-10-8-5-2/h13-14,16-17,38-39,43-44H,4-12,15,18-37,40H2,1-3H3/b14-13-,17-16+. The van der Waals surface area contributed by atoms with Crippen LogP contribution in [0.4, 0.5) is 0 Å². The molecule has 44 heavy (non-hydrogen) atoms. The third-order valence-electron chi connectivity index (χ3n) is 8.88. The Morgan fingerprint density at radius 1 is 0.477 bits per heavy atom. The van der Waals surface area contributed by atoms with Gasteiger partial charge in [-0.1, -0.05) is 129 Å². The number of hydrogen-bond donors (Lipinski definition) is 3. The molecule has 0 radical (unpaired) electrons. The molecule has 262 valence electrons. The molecular formula is C39H79N3O2. The summed E-state index contributed by atoms with van der Waals surface area (Å²) >= 11 is 0. The van der Waals surface area contributed by atoms with Gasteiger partial charge in [0.25, 0.3) is 0 Å². The van der Waals surface area contributed by atoms with E-state index in [1.54, 1.807) is 0 Å². The summed E-state index contributed by atoms with van der Waals surface area (Å²) in [7, 11) is 0. The number of aliphatic hydroxyl groups is 2. The largest absolute Gasteiger partial charge is 0.392 e. The van der Waals surface area contributed by atoms with Gasteiger partial charge in [0.2, 0.25) is 0 Å². The molecule has 5 nitrogen and oxygen atoms in total. The monoisotopic (exact) mass is 622 g/mol. The summed E-state index contributed by atoms with van der Waals surface area (Å²) in [6.45, 7) is 12.9. The second-order valence-electron chi connectivity index (χ2n) is 13.3. The van der Waals surface area contributed by atoms with Gasteiger partial charge in [-0.25, -0.2) is 0 Å². The number of nitrogens with two attached hydrogens (primary N) is 1. The van der Waals surface area contributed by atoms with Crippen LogP contribution in [0.15, 0.2) is 24.3 Å². The topological polar surface area (TPSA) is 73.0 Å². The predicted octanol–water partition coefficient (Wildman–Crippen LogP) is 9.42. The molecule has 0 aliphatic rings. The van der Waals surface area contributed by atoms with Gasteiger partial charge in [0.1, 0.15) is 0 Å². The number of nitrogens with zero attached hydrogens (tertiary/aromatic N) is 2. The molecule has 0 saturated carbocycles. The second-order valence-corrected chi connectivity index (χ2v) is 13.3. The van der Waals surface area contributed by atoms with E-state index in [1.807, 2.05) is 0 Å². The summed E-state index contributed by atoms with van der Waals surface area (Å²) in [5.41, 5.74) is 5.70.